The van der Waals surface area contributed by atoms with Crippen molar-refractivity contribution in [2.24, 2.45) is 0 Å². The maximum absolute atomic E-state index is 9.39. The smallest absolute Gasteiger partial charge is 0.0431 e. The van der Waals surface area contributed by atoms with Gasteiger partial charge in [-0.1, -0.05) is 144 Å². The third-order valence-corrected chi connectivity index (χ3v) is 18.9. The number of hydrogen-bond donors (Lipinski definition) is 1. The van der Waals surface area contributed by atoms with E-state index < -0.39 is 0 Å². The van der Waals surface area contributed by atoms with Gasteiger partial charge in [0.25, 0.3) is 0 Å². The molecule has 4 rings (SSSR count). The van der Waals surface area contributed by atoms with Crippen LogP contribution in [0.25, 0.3) is 32.3 Å². The highest BCUT2D eigenvalue weighted by atomic mass is 32.2. The zero-order chi connectivity index (χ0) is 43.3. The molecule has 0 aliphatic rings. The second kappa shape index (κ2) is 33.2. The summed E-state index contributed by atoms with van der Waals surface area (Å²) in [7, 11) is 0. The van der Waals surface area contributed by atoms with E-state index in [1.807, 2.05) is 0 Å². The van der Waals surface area contributed by atoms with Gasteiger partial charge in [0.2, 0.25) is 0 Å². The average molecular weight is 942 g/mol. The van der Waals surface area contributed by atoms with Crippen LogP contribution in [0, 0.1) is 0 Å². The average Bonchev–Trinajstić information content (AvgIpc) is 3.27. The Morgan fingerprint density at radius 2 is 0.443 bits per heavy atom. The van der Waals surface area contributed by atoms with Gasteiger partial charge in [0.15, 0.2) is 0 Å². The molecule has 0 heterocycles. The molecular weight excluding hydrogens is 857 g/mol. The first-order chi connectivity index (χ1) is 30.1. The van der Waals surface area contributed by atoms with Crippen LogP contribution in [0.2, 0.25) is 0 Å². The van der Waals surface area contributed by atoms with Crippen molar-refractivity contribution in [1.29, 1.82) is 0 Å². The summed E-state index contributed by atoms with van der Waals surface area (Å²) >= 11 is 12.7. The molecule has 7 heteroatoms. The lowest BCUT2D eigenvalue weighted by atomic mass is 9.94. The van der Waals surface area contributed by atoms with Crippen LogP contribution in [-0.2, 0) is 0 Å². The molecule has 61 heavy (non-hydrogen) atoms. The number of benzene rings is 4. The highest BCUT2D eigenvalue weighted by molar-refractivity contribution is 8.03. The van der Waals surface area contributed by atoms with Crippen molar-refractivity contribution in [1.82, 2.24) is 0 Å². The van der Waals surface area contributed by atoms with Gasteiger partial charge in [-0.15, -0.1) is 70.6 Å². The number of thioether (sulfide) groups is 6. The van der Waals surface area contributed by atoms with E-state index in [9.17, 15) is 5.11 Å². The maximum Gasteiger partial charge on any atom is 0.0431 e. The molecule has 0 saturated carbocycles. The molecule has 4 aromatic carbocycles. The number of aliphatic hydroxyl groups excluding tert-OH is 1. The van der Waals surface area contributed by atoms with Gasteiger partial charge in [0.05, 0.1) is 0 Å². The maximum atomic E-state index is 9.39. The summed E-state index contributed by atoms with van der Waals surface area (Å²) < 4.78 is 0. The zero-order valence-corrected chi connectivity index (χ0v) is 44.2. The molecule has 0 unspecified atom stereocenters. The normalized spacial score (nSPS) is 11.9. The first-order valence-corrected chi connectivity index (χ1v) is 30.9. The van der Waals surface area contributed by atoms with Gasteiger partial charge in [-0.3, -0.25) is 0 Å². The first kappa shape index (κ1) is 53.3. The molecule has 0 aliphatic heterocycles. The highest BCUT2D eigenvalue weighted by Gasteiger charge is 2.19. The molecule has 342 valence electrons. The van der Waals surface area contributed by atoms with Crippen molar-refractivity contribution in [3.8, 4) is 0 Å². The van der Waals surface area contributed by atoms with E-state index >= 15 is 0 Å². The number of unbranched alkanes of at least 4 members (excludes halogenated alkanes) is 18. The Morgan fingerprint density at radius 1 is 0.262 bits per heavy atom. The minimum absolute atomic E-state index is 0.313. The predicted octanol–water partition coefficient (Wildman–Crippen LogP) is 20.2. The van der Waals surface area contributed by atoms with Crippen LogP contribution in [0.4, 0.5) is 0 Å². The Hall–Kier alpha value is -0.280. The van der Waals surface area contributed by atoms with Gasteiger partial charge in [0.1, 0.15) is 0 Å². The fraction of sp³-hybridized carbons (Fsp3) is 0.667. The van der Waals surface area contributed by atoms with Gasteiger partial charge < -0.3 is 5.11 Å². The summed E-state index contributed by atoms with van der Waals surface area (Å²) in [5.74, 6) is 7.15. The van der Waals surface area contributed by atoms with Gasteiger partial charge in [0, 0.05) is 36.0 Å². The van der Waals surface area contributed by atoms with Gasteiger partial charge in [-0.05, 0) is 148 Å². The van der Waals surface area contributed by atoms with Crippen LogP contribution in [0.1, 0.15) is 189 Å². The first-order valence-electron chi connectivity index (χ1n) is 25.0. The summed E-state index contributed by atoms with van der Waals surface area (Å²) in [5.41, 5.74) is 0. The summed E-state index contributed by atoms with van der Waals surface area (Å²) in [4.78, 5) is 8.98. The second-order valence-corrected chi connectivity index (χ2v) is 23.9. The molecule has 0 bridgehead atoms. The van der Waals surface area contributed by atoms with Crippen LogP contribution < -0.4 is 0 Å². The Labute approximate surface area is 400 Å². The van der Waals surface area contributed by atoms with Crippen molar-refractivity contribution in [3.63, 3.8) is 0 Å². The number of fused-ring (bicyclic) bond motifs is 6. The second-order valence-electron chi connectivity index (χ2n) is 17.1. The third kappa shape index (κ3) is 18.9. The van der Waals surface area contributed by atoms with E-state index in [1.54, 1.807) is 0 Å². The zero-order valence-electron chi connectivity index (χ0n) is 39.3. The molecule has 0 fully saturated rings. The molecule has 0 saturated heterocycles. The largest absolute Gasteiger partial charge is 0.396 e. The van der Waals surface area contributed by atoms with Crippen LogP contribution in [0.5, 0.6) is 0 Å². The minimum atomic E-state index is 0.313. The van der Waals surface area contributed by atoms with Crippen LogP contribution in [-0.4, -0.2) is 46.2 Å². The molecule has 0 aliphatic carbocycles. The van der Waals surface area contributed by atoms with Crippen molar-refractivity contribution in [3.05, 3.63) is 36.4 Å². The quantitative estimate of drug-likeness (QED) is 0.0273. The predicted molar refractivity (Wildman–Crippen MR) is 290 cm³/mol. The standard InChI is InChI=1S/C54H84OS6/c1-6-11-16-24-31-56-49-37-43-44-38-50(57-32-25-17-12-7-2)52(59-34-27-19-14-9-4)40-46(44)48-42-54(61-36-29-22-21-23-30-55)53(60-35-28-20-15-10-5)41-47(48)45(43)39-51(49)58-33-26-18-13-8-3/h37-42,55H,6-36H2,1-5H3. The molecule has 0 aromatic heterocycles. The van der Waals surface area contributed by atoms with Crippen LogP contribution in [0.3, 0.4) is 0 Å². The monoisotopic (exact) mass is 940 g/mol. The van der Waals surface area contributed by atoms with E-state index in [-0.39, 0.29) is 0 Å². The van der Waals surface area contributed by atoms with E-state index in [2.05, 4.69) is 142 Å². The van der Waals surface area contributed by atoms with Crippen molar-refractivity contribution >= 4 is 103 Å². The summed E-state index contributed by atoms with van der Waals surface area (Å²) in [5, 5.41) is 18.1. The van der Waals surface area contributed by atoms with Crippen molar-refractivity contribution in [2.75, 3.05) is 41.1 Å². The van der Waals surface area contributed by atoms with Crippen LogP contribution >= 0.6 is 70.6 Å². The van der Waals surface area contributed by atoms with Gasteiger partial charge in [-0.2, -0.15) is 0 Å². The summed E-state index contributed by atoms with van der Waals surface area (Å²) in [6.45, 7) is 11.9. The van der Waals surface area contributed by atoms with E-state index in [0.29, 0.717) is 6.61 Å². The molecule has 1 N–H and O–H groups in total. The molecule has 0 spiro atoms. The van der Waals surface area contributed by atoms with Crippen LogP contribution in [0.15, 0.2) is 65.8 Å². The summed E-state index contributed by atoms with van der Waals surface area (Å²) in [6.07, 6.45) is 30.8. The lowest BCUT2D eigenvalue weighted by Gasteiger charge is -2.20. The topological polar surface area (TPSA) is 20.2 Å². The van der Waals surface area contributed by atoms with E-state index in [0.717, 1.165) is 18.6 Å². The Morgan fingerprint density at radius 3 is 0.623 bits per heavy atom. The molecule has 0 atom stereocenters. The van der Waals surface area contributed by atoms with Crippen molar-refractivity contribution in [2.45, 2.75) is 218 Å². The third-order valence-electron chi connectivity index (χ3n) is 11.7. The molecule has 0 amide bonds. The Bertz CT molecular complexity index is 1740. The molecule has 4 aromatic rings. The minimum Gasteiger partial charge on any atom is -0.396 e. The molecular formula is C54H84OS6. The number of hydrogen-bond acceptors (Lipinski definition) is 7. The lowest BCUT2D eigenvalue weighted by molar-refractivity contribution is 0.283. The SMILES string of the molecule is CCCCCCSc1cc2c3cc(SCCCCCC)c(SCCCCCC)cc3c3cc(SCCCCCCO)c(SCCCCCC)cc3c2cc1SCCCCCC. The van der Waals surface area contributed by atoms with Gasteiger partial charge in [-0.25, -0.2) is 0 Å². The van der Waals surface area contributed by atoms with E-state index in [1.165, 1.54) is 232 Å². The molecule has 1 nitrogen and oxygen atoms in total. The fourth-order valence-corrected chi connectivity index (χ4v) is 14.9. The number of rotatable bonds is 37. The highest BCUT2D eigenvalue weighted by Crippen LogP contribution is 2.47. The molecule has 0 radical (unpaired) electrons. The van der Waals surface area contributed by atoms with Gasteiger partial charge >= 0.3 is 0 Å². The lowest BCUT2D eigenvalue weighted by Crippen LogP contribution is -1.94. The van der Waals surface area contributed by atoms with E-state index in [4.69, 9.17) is 0 Å². The Balaban J connectivity index is 1.94. The van der Waals surface area contributed by atoms with Crippen molar-refractivity contribution < 1.29 is 5.11 Å². The summed E-state index contributed by atoms with van der Waals surface area (Å²) in [6, 6.07) is 15.9. The fourth-order valence-electron chi connectivity index (χ4n) is 8.00. The number of aliphatic hydroxyl groups is 1. The Kier molecular flexibility index (Phi) is 29.1.